The molecule has 0 unspecified atom stereocenters. The second-order valence-electron chi connectivity index (χ2n) is 3.22. The molecule has 0 bridgehead atoms. The van der Waals surface area contributed by atoms with E-state index in [0.717, 1.165) is 25.8 Å². The van der Waals surface area contributed by atoms with Gasteiger partial charge in [-0.1, -0.05) is 0 Å². The number of cyclic esters (lactones) is 2. The molecule has 0 N–H and O–H groups in total. The highest BCUT2D eigenvalue weighted by atomic mass is 16.6. The first-order chi connectivity index (χ1) is 6.72. The lowest BCUT2D eigenvalue weighted by Gasteiger charge is -2.23. The van der Waals surface area contributed by atoms with Crippen LogP contribution in [0.3, 0.4) is 0 Å². The topological polar surface area (TPSA) is 46.6 Å². The first-order valence-electron chi connectivity index (χ1n) is 4.61. The second kappa shape index (κ2) is 5.40. The average molecular weight is 195 g/mol. The van der Waals surface area contributed by atoms with E-state index in [-0.39, 0.29) is 13.1 Å². The molecule has 0 amide bonds. The molecule has 14 heavy (non-hydrogen) atoms. The van der Waals surface area contributed by atoms with Gasteiger partial charge in [-0.2, -0.15) is 0 Å². The van der Waals surface area contributed by atoms with E-state index in [1.54, 1.807) is 4.90 Å². The van der Waals surface area contributed by atoms with Gasteiger partial charge in [-0.25, -0.2) is 0 Å². The number of ether oxygens (including phenoxy) is 1. The molecule has 1 rings (SSSR count). The Morgan fingerprint density at radius 1 is 1.29 bits per heavy atom. The van der Waals surface area contributed by atoms with Gasteiger partial charge < -0.3 is 4.74 Å². The molecule has 0 aromatic rings. The van der Waals surface area contributed by atoms with Crippen molar-refractivity contribution in [3.63, 3.8) is 0 Å². The summed E-state index contributed by atoms with van der Waals surface area (Å²) in [5.74, 6) is 1.63. The van der Waals surface area contributed by atoms with E-state index >= 15 is 0 Å². The largest absolute Gasteiger partial charge is 0.391 e. The van der Waals surface area contributed by atoms with Crippen molar-refractivity contribution in [3.8, 4) is 12.3 Å². The third-order valence-electron chi connectivity index (χ3n) is 1.98. The van der Waals surface area contributed by atoms with Gasteiger partial charge in [0.05, 0.1) is 13.1 Å². The van der Waals surface area contributed by atoms with E-state index in [9.17, 15) is 9.59 Å². The van der Waals surface area contributed by atoms with E-state index in [2.05, 4.69) is 10.7 Å². The minimum absolute atomic E-state index is 0.210. The molecule has 0 spiro atoms. The summed E-state index contributed by atoms with van der Waals surface area (Å²) in [5.41, 5.74) is 0. The first-order valence-corrected chi connectivity index (χ1v) is 4.61. The molecule has 0 atom stereocenters. The summed E-state index contributed by atoms with van der Waals surface area (Å²) in [6.45, 7) is 1.14. The third-order valence-corrected chi connectivity index (χ3v) is 1.98. The number of carbonyl (C=O) groups excluding carboxylic acids is 2. The summed E-state index contributed by atoms with van der Waals surface area (Å²) in [5, 5.41) is 0. The van der Waals surface area contributed by atoms with Crippen LogP contribution in [-0.4, -0.2) is 36.5 Å². The minimum Gasteiger partial charge on any atom is -0.391 e. The lowest BCUT2D eigenvalue weighted by molar-refractivity contribution is -0.166. The Bertz CT molecular complexity index is 251. The maximum atomic E-state index is 10.9. The van der Waals surface area contributed by atoms with Gasteiger partial charge in [0.2, 0.25) is 0 Å². The number of rotatable bonds is 4. The lowest BCUT2D eigenvalue weighted by Crippen LogP contribution is -2.43. The minimum atomic E-state index is -0.460. The quantitative estimate of drug-likeness (QED) is 0.278. The normalized spacial score (nSPS) is 17.6. The number of esters is 2. The van der Waals surface area contributed by atoms with Crippen molar-refractivity contribution in [2.24, 2.45) is 0 Å². The molecule has 1 heterocycles. The molecule has 1 fully saturated rings. The number of terminal acetylenes is 1. The van der Waals surface area contributed by atoms with Gasteiger partial charge in [-0.05, 0) is 19.4 Å². The van der Waals surface area contributed by atoms with E-state index in [1.165, 1.54) is 0 Å². The van der Waals surface area contributed by atoms with Crippen LogP contribution in [0.4, 0.5) is 0 Å². The molecule has 0 aliphatic carbocycles. The molecule has 4 heteroatoms. The molecule has 0 saturated carbocycles. The summed E-state index contributed by atoms with van der Waals surface area (Å²) >= 11 is 0. The smallest absolute Gasteiger partial charge is 0.327 e. The maximum absolute atomic E-state index is 10.9. The zero-order valence-electron chi connectivity index (χ0n) is 7.99. The van der Waals surface area contributed by atoms with Crippen LogP contribution in [0, 0.1) is 12.3 Å². The standard InChI is InChI=1S/C10H13NO3/c1-2-3-4-5-6-11-7-9(12)14-10(13)8-11/h1H,3-8H2. The van der Waals surface area contributed by atoms with Gasteiger partial charge in [-0.15, -0.1) is 12.3 Å². The van der Waals surface area contributed by atoms with Crippen molar-refractivity contribution in [1.29, 1.82) is 0 Å². The van der Waals surface area contributed by atoms with Crippen LogP contribution in [0.2, 0.25) is 0 Å². The van der Waals surface area contributed by atoms with E-state index in [1.807, 2.05) is 0 Å². The number of hydrogen-bond acceptors (Lipinski definition) is 4. The van der Waals surface area contributed by atoms with Crippen molar-refractivity contribution >= 4 is 11.9 Å². The van der Waals surface area contributed by atoms with E-state index in [0.29, 0.717) is 0 Å². The molecule has 1 aliphatic rings. The molecule has 0 aromatic carbocycles. The number of morpholine rings is 1. The Morgan fingerprint density at radius 2 is 1.93 bits per heavy atom. The Balaban J connectivity index is 2.21. The Kier molecular flexibility index (Phi) is 4.14. The summed E-state index contributed by atoms with van der Waals surface area (Å²) in [7, 11) is 0. The second-order valence-corrected chi connectivity index (χ2v) is 3.22. The lowest BCUT2D eigenvalue weighted by atomic mass is 10.2. The van der Waals surface area contributed by atoms with Gasteiger partial charge in [-0.3, -0.25) is 14.5 Å². The number of nitrogens with zero attached hydrogens (tertiary/aromatic N) is 1. The molecule has 76 valence electrons. The van der Waals surface area contributed by atoms with Gasteiger partial charge >= 0.3 is 11.9 Å². The van der Waals surface area contributed by atoms with Crippen LogP contribution in [0.25, 0.3) is 0 Å². The predicted octanol–water partition coefficient (Wildman–Crippen LogP) is 0.175. The van der Waals surface area contributed by atoms with E-state index in [4.69, 9.17) is 6.42 Å². The van der Waals surface area contributed by atoms with Crippen molar-refractivity contribution in [2.45, 2.75) is 19.3 Å². The van der Waals surface area contributed by atoms with Crippen LogP contribution in [0.5, 0.6) is 0 Å². The maximum Gasteiger partial charge on any atom is 0.327 e. The van der Waals surface area contributed by atoms with Crippen LogP contribution < -0.4 is 0 Å². The Morgan fingerprint density at radius 3 is 2.50 bits per heavy atom. The summed E-state index contributed by atoms with van der Waals surface area (Å²) in [6.07, 6.45) is 7.68. The number of hydrogen-bond donors (Lipinski definition) is 0. The summed E-state index contributed by atoms with van der Waals surface area (Å²) in [4.78, 5) is 23.5. The molecule has 1 aliphatic heterocycles. The van der Waals surface area contributed by atoms with Crippen LogP contribution in [0.15, 0.2) is 0 Å². The van der Waals surface area contributed by atoms with Crippen LogP contribution in [-0.2, 0) is 14.3 Å². The zero-order valence-corrected chi connectivity index (χ0v) is 7.99. The fraction of sp³-hybridized carbons (Fsp3) is 0.600. The molecular weight excluding hydrogens is 182 g/mol. The third kappa shape index (κ3) is 3.58. The monoisotopic (exact) mass is 195 g/mol. The van der Waals surface area contributed by atoms with Gasteiger partial charge in [0.15, 0.2) is 0 Å². The zero-order chi connectivity index (χ0) is 10.4. The first kappa shape index (κ1) is 10.7. The van der Waals surface area contributed by atoms with E-state index < -0.39 is 11.9 Å². The Hall–Kier alpha value is -1.34. The molecule has 4 nitrogen and oxygen atoms in total. The summed E-state index contributed by atoms with van der Waals surface area (Å²) in [6, 6.07) is 0. The number of unbranched alkanes of at least 4 members (excludes halogenated alkanes) is 2. The fourth-order valence-corrected chi connectivity index (χ4v) is 1.33. The van der Waals surface area contributed by atoms with Crippen molar-refractivity contribution in [2.75, 3.05) is 19.6 Å². The molecule has 0 radical (unpaired) electrons. The van der Waals surface area contributed by atoms with Crippen molar-refractivity contribution < 1.29 is 14.3 Å². The predicted molar refractivity (Wildman–Crippen MR) is 50.2 cm³/mol. The fourth-order valence-electron chi connectivity index (χ4n) is 1.33. The number of carbonyl (C=O) groups is 2. The van der Waals surface area contributed by atoms with Crippen LogP contribution in [0.1, 0.15) is 19.3 Å². The molecule has 0 aromatic heterocycles. The van der Waals surface area contributed by atoms with Crippen LogP contribution >= 0.6 is 0 Å². The molecular formula is C10H13NO3. The SMILES string of the molecule is C#CCCCCN1CC(=O)OC(=O)C1. The van der Waals surface area contributed by atoms with Gasteiger partial charge in [0.25, 0.3) is 0 Å². The highest BCUT2D eigenvalue weighted by molar-refractivity contribution is 5.90. The highest BCUT2D eigenvalue weighted by Crippen LogP contribution is 2.03. The summed E-state index contributed by atoms with van der Waals surface area (Å²) < 4.78 is 4.39. The van der Waals surface area contributed by atoms with Gasteiger partial charge in [0, 0.05) is 6.42 Å². The average Bonchev–Trinajstić information content (AvgIpc) is 2.11. The Labute approximate surface area is 83.2 Å². The van der Waals surface area contributed by atoms with Crippen molar-refractivity contribution in [3.05, 3.63) is 0 Å². The van der Waals surface area contributed by atoms with Crippen molar-refractivity contribution in [1.82, 2.24) is 4.90 Å². The molecule has 1 saturated heterocycles. The van der Waals surface area contributed by atoms with Gasteiger partial charge in [0.1, 0.15) is 0 Å². The highest BCUT2D eigenvalue weighted by Gasteiger charge is 2.23.